The molecule has 0 saturated heterocycles. The number of rotatable bonds is 8. The normalized spacial score (nSPS) is 10.3. The highest BCUT2D eigenvalue weighted by Crippen LogP contribution is 2.23. The fraction of sp³-hybridized carbons (Fsp3) is 0.278. The second kappa shape index (κ2) is 8.92. The molecule has 0 aliphatic carbocycles. The highest BCUT2D eigenvalue weighted by Gasteiger charge is 2.02. The fourth-order valence-corrected chi connectivity index (χ4v) is 1.93. The van der Waals surface area contributed by atoms with Crippen LogP contribution < -0.4 is 15.4 Å². The second-order valence-corrected chi connectivity index (χ2v) is 5.16. The third kappa shape index (κ3) is 6.10. The Hall–Kier alpha value is -2.37. The molecule has 2 rings (SSSR count). The number of benzene rings is 2. The van der Waals surface area contributed by atoms with Crippen molar-refractivity contribution in [3.8, 4) is 11.5 Å². The highest BCUT2D eigenvalue weighted by molar-refractivity contribution is 5.92. The summed E-state index contributed by atoms with van der Waals surface area (Å²) < 4.78 is 10.6. The first-order valence-corrected chi connectivity index (χ1v) is 7.51. The number of amides is 1. The summed E-state index contributed by atoms with van der Waals surface area (Å²) in [5, 5.41) is 5.81. The summed E-state index contributed by atoms with van der Waals surface area (Å²) in [5.41, 5.74) is 1.93. The molecule has 2 aromatic rings. The van der Waals surface area contributed by atoms with Crippen LogP contribution in [-0.4, -0.2) is 32.7 Å². The maximum absolute atomic E-state index is 11.7. The maximum atomic E-state index is 11.7. The van der Waals surface area contributed by atoms with E-state index < -0.39 is 0 Å². The number of methoxy groups -OCH3 is 1. The van der Waals surface area contributed by atoms with Crippen LogP contribution in [0, 0.1) is 6.92 Å². The zero-order valence-electron chi connectivity index (χ0n) is 13.5. The van der Waals surface area contributed by atoms with E-state index >= 15 is 0 Å². The molecule has 0 heterocycles. The van der Waals surface area contributed by atoms with Gasteiger partial charge < -0.3 is 20.1 Å². The quantitative estimate of drug-likeness (QED) is 0.736. The third-order valence-electron chi connectivity index (χ3n) is 3.16. The molecule has 0 aromatic heterocycles. The molecule has 0 bridgehead atoms. The van der Waals surface area contributed by atoms with Crippen LogP contribution in [0.1, 0.15) is 5.56 Å². The minimum atomic E-state index is -0.0895. The van der Waals surface area contributed by atoms with Crippen LogP contribution in [0.25, 0.3) is 0 Å². The van der Waals surface area contributed by atoms with Gasteiger partial charge in [0, 0.05) is 19.3 Å². The lowest BCUT2D eigenvalue weighted by atomic mass is 10.2. The molecule has 5 heteroatoms. The van der Waals surface area contributed by atoms with Crippen molar-refractivity contribution in [3.63, 3.8) is 0 Å². The van der Waals surface area contributed by atoms with E-state index in [1.54, 1.807) is 7.11 Å². The predicted molar refractivity (Wildman–Crippen MR) is 91.1 cm³/mol. The lowest BCUT2D eigenvalue weighted by Gasteiger charge is -2.09. The van der Waals surface area contributed by atoms with E-state index in [0.717, 1.165) is 17.2 Å². The number of carbonyl (C=O) groups excluding carboxylic acids is 1. The van der Waals surface area contributed by atoms with Crippen LogP contribution in [0.3, 0.4) is 0 Å². The van der Waals surface area contributed by atoms with E-state index in [4.69, 9.17) is 9.47 Å². The number of hydrogen-bond donors (Lipinski definition) is 2. The molecule has 0 spiro atoms. The minimum absolute atomic E-state index is 0.0895. The second-order valence-electron chi connectivity index (χ2n) is 5.16. The molecular weight excluding hydrogens is 292 g/mol. The Morgan fingerprint density at radius 2 is 1.61 bits per heavy atom. The summed E-state index contributed by atoms with van der Waals surface area (Å²) in [6.07, 6.45) is 0. The topological polar surface area (TPSA) is 59.6 Å². The molecule has 23 heavy (non-hydrogen) atoms. The van der Waals surface area contributed by atoms with Crippen molar-refractivity contribution in [1.82, 2.24) is 5.32 Å². The average molecular weight is 314 g/mol. The molecule has 0 unspecified atom stereocenters. The van der Waals surface area contributed by atoms with Gasteiger partial charge in [-0.25, -0.2) is 0 Å². The molecule has 0 fully saturated rings. The summed E-state index contributed by atoms with van der Waals surface area (Å²) in [4.78, 5) is 11.7. The van der Waals surface area contributed by atoms with Gasteiger partial charge in [-0.2, -0.15) is 0 Å². The number of hydrogen-bond acceptors (Lipinski definition) is 4. The number of nitrogens with one attached hydrogen (secondary N) is 2. The minimum Gasteiger partial charge on any atom is -0.457 e. The maximum Gasteiger partial charge on any atom is 0.238 e. The van der Waals surface area contributed by atoms with Gasteiger partial charge in [-0.3, -0.25) is 4.79 Å². The molecule has 0 radical (unpaired) electrons. The van der Waals surface area contributed by atoms with E-state index in [-0.39, 0.29) is 12.5 Å². The first kappa shape index (κ1) is 17.0. The number of carbonyl (C=O) groups is 1. The van der Waals surface area contributed by atoms with E-state index in [1.807, 2.05) is 55.5 Å². The van der Waals surface area contributed by atoms with Gasteiger partial charge >= 0.3 is 0 Å². The van der Waals surface area contributed by atoms with Crippen LogP contribution >= 0.6 is 0 Å². The predicted octanol–water partition coefficient (Wildman–Crippen LogP) is 2.96. The summed E-state index contributed by atoms with van der Waals surface area (Å²) in [7, 11) is 1.63. The summed E-state index contributed by atoms with van der Waals surface area (Å²) >= 11 is 0. The van der Waals surface area contributed by atoms with Crippen molar-refractivity contribution < 1.29 is 14.3 Å². The molecule has 1 amide bonds. The van der Waals surface area contributed by atoms with Crippen LogP contribution in [0.15, 0.2) is 48.5 Å². The van der Waals surface area contributed by atoms with Gasteiger partial charge in [0.25, 0.3) is 0 Å². The Balaban J connectivity index is 1.82. The van der Waals surface area contributed by atoms with Gasteiger partial charge in [-0.15, -0.1) is 0 Å². The van der Waals surface area contributed by atoms with Gasteiger partial charge in [-0.1, -0.05) is 17.7 Å². The number of ether oxygens (including phenoxy) is 2. The SMILES string of the molecule is COCCNCC(=O)Nc1ccc(Oc2ccc(C)cc2)cc1. The molecule has 0 aliphatic heterocycles. The monoisotopic (exact) mass is 314 g/mol. The van der Waals surface area contributed by atoms with Crippen LogP contribution in [0.4, 0.5) is 5.69 Å². The Labute approximate surface area is 136 Å². The molecule has 0 saturated carbocycles. The Bertz CT molecular complexity index is 609. The molecule has 5 nitrogen and oxygen atoms in total. The molecule has 0 atom stereocenters. The molecule has 0 aliphatic rings. The Kier molecular flexibility index (Phi) is 6.59. The van der Waals surface area contributed by atoms with Gasteiger partial charge in [0.2, 0.25) is 5.91 Å². The molecule has 2 aromatic carbocycles. The fourth-order valence-electron chi connectivity index (χ4n) is 1.93. The number of anilines is 1. The molecular formula is C18H22N2O3. The van der Waals surface area contributed by atoms with Gasteiger partial charge in [-0.05, 0) is 43.3 Å². The van der Waals surface area contributed by atoms with Crippen molar-refractivity contribution in [2.45, 2.75) is 6.92 Å². The van der Waals surface area contributed by atoms with Crippen LogP contribution in [0.5, 0.6) is 11.5 Å². The molecule has 2 N–H and O–H groups in total. The van der Waals surface area contributed by atoms with Crippen molar-refractivity contribution in [3.05, 3.63) is 54.1 Å². The van der Waals surface area contributed by atoms with Gasteiger partial charge in [0.15, 0.2) is 0 Å². The lowest BCUT2D eigenvalue weighted by molar-refractivity contribution is -0.115. The largest absolute Gasteiger partial charge is 0.457 e. The Morgan fingerprint density at radius 1 is 1.00 bits per heavy atom. The van der Waals surface area contributed by atoms with E-state index in [0.29, 0.717) is 13.2 Å². The first-order chi connectivity index (χ1) is 11.2. The van der Waals surface area contributed by atoms with E-state index in [1.165, 1.54) is 5.56 Å². The smallest absolute Gasteiger partial charge is 0.238 e. The van der Waals surface area contributed by atoms with Crippen molar-refractivity contribution in [2.75, 3.05) is 32.1 Å². The van der Waals surface area contributed by atoms with Crippen LogP contribution in [-0.2, 0) is 9.53 Å². The van der Waals surface area contributed by atoms with Crippen molar-refractivity contribution >= 4 is 11.6 Å². The summed E-state index contributed by atoms with van der Waals surface area (Å²) in [6, 6.07) is 15.1. The highest BCUT2D eigenvalue weighted by atomic mass is 16.5. The van der Waals surface area contributed by atoms with Gasteiger partial charge in [0.1, 0.15) is 11.5 Å². The third-order valence-corrected chi connectivity index (χ3v) is 3.16. The summed E-state index contributed by atoms with van der Waals surface area (Å²) in [5.74, 6) is 1.42. The van der Waals surface area contributed by atoms with Crippen molar-refractivity contribution in [1.29, 1.82) is 0 Å². The molecule has 122 valence electrons. The van der Waals surface area contributed by atoms with E-state index in [9.17, 15) is 4.79 Å². The zero-order chi connectivity index (χ0) is 16.5. The van der Waals surface area contributed by atoms with Crippen molar-refractivity contribution in [2.24, 2.45) is 0 Å². The average Bonchev–Trinajstić information content (AvgIpc) is 2.56. The van der Waals surface area contributed by atoms with E-state index in [2.05, 4.69) is 10.6 Å². The number of aryl methyl sites for hydroxylation is 1. The lowest BCUT2D eigenvalue weighted by Crippen LogP contribution is -2.30. The first-order valence-electron chi connectivity index (χ1n) is 7.51. The van der Waals surface area contributed by atoms with Gasteiger partial charge in [0.05, 0.1) is 13.2 Å². The zero-order valence-corrected chi connectivity index (χ0v) is 13.5. The standard InChI is InChI=1S/C18H22N2O3/c1-14-3-7-16(8-4-14)23-17-9-5-15(6-10-17)20-18(21)13-19-11-12-22-2/h3-10,19H,11-13H2,1-2H3,(H,20,21). The van der Waals surface area contributed by atoms with Crippen LogP contribution in [0.2, 0.25) is 0 Å². The summed E-state index contributed by atoms with van der Waals surface area (Å²) in [6.45, 7) is 3.52. The Morgan fingerprint density at radius 3 is 2.22 bits per heavy atom.